The van der Waals surface area contributed by atoms with E-state index in [1.54, 1.807) is 0 Å². The maximum atomic E-state index is 11.5. The van der Waals surface area contributed by atoms with E-state index < -0.39 is 11.7 Å². The standard InChI is InChI=1S/C20H33Cl2N3O3/c1-20(2,3)28-19(26)24-11-15-27-14-10-23-16-17-4-6-18(7-5-17)25(12-8-21)13-9-22/h4-7,23H,8-16H2,1-3H3,(H,24,26). The Balaban J connectivity index is 2.14. The zero-order valence-electron chi connectivity index (χ0n) is 17.1. The third kappa shape index (κ3) is 11.6. The van der Waals surface area contributed by atoms with Gasteiger partial charge in [0.15, 0.2) is 0 Å². The first-order chi connectivity index (χ1) is 13.4. The quantitative estimate of drug-likeness (QED) is 0.367. The fraction of sp³-hybridized carbons (Fsp3) is 0.650. The van der Waals surface area contributed by atoms with Gasteiger partial charge >= 0.3 is 6.09 Å². The molecule has 0 aromatic heterocycles. The minimum atomic E-state index is -0.487. The van der Waals surface area contributed by atoms with Crippen molar-refractivity contribution in [3.05, 3.63) is 29.8 Å². The average molecular weight is 434 g/mol. The zero-order valence-corrected chi connectivity index (χ0v) is 18.6. The van der Waals surface area contributed by atoms with Crippen molar-refractivity contribution in [3.8, 4) is 0 Å². The summed E-state index contributed by atoms with van der Waals surface area (Å²) >= 11 is 11.7. The van der Waals surface area contributed by atoms with Crippen molar-refractivity contribution in [2.75, 3.05) is 56.1 Å². The van der Waals surface area contributed by atoms with E-state index in [9.17, 15) is 4.79 Å². The first-order valence-electron chi connectivity index (χ1n) is 9.57. The number of halogens is 2. The summed E-state index contributed by atoms with van der Waals surface area (Å²) in [4.78, 5) is 13.6. The number of alkyl carbamates (subject to hydrolysis) is 1. The molecule has 1 amide bonds. The predicted molar refractivity (Wildman–Crippen MR) is 117 cm³/mol. The lowest BCUT2D eigenvalue weighted by Gasteiger charge is -2.23. The van der Waals surface area contributed by atoms with Crippen LogP contribution in [0.25, 0.3) is 0 Å². The summed E-state index contributed by atoms with van der Waals surface area (Å²) in [5.41, 5.74) is 1.84. The van der Waals surface area contributed by atoms with E-state index >= 15 is 0 Å². The van der Waals surface area contributed by atoms with Crippen LogP contribution in [0.1, 0.15) is 26.3 Å². The SMILES string of the molecule is CC(C)(C)OC(=O)NCCOCCNCc1ccc(N(CCCl)CCCl)cc1. The Morgan fingerprint density at radius 1 is 1.04 bits per heavy atom. The number of benzene rings is 1. The van der Waals surface area contributed by atoms with Crippen molar-refractivity contribution in [1.29, 1.82) is 0 Å². The van der Waals surface area contributed by atoms with Gasteiger partial charge in [-0.05, 0) is 38.5 Å². The highest BCUT2D eigenvalue weighted by atomic mass is 35.5. The van der Waals surface area contributed by atoms with Crippen molar-refractivity contribution >= 4 is 35.0 Å². The Kier molecular flexibility index (Phi) is 12.3. The van der Waals surface area contributed by atoms with Crippen LogP contribution in [0.4, 0.5) is 10.5 Å². The number of anilines is 1. The molecule has 0 atom stereocenters. The molecule has 0 aliphatic heterocycles. The highest BCUT2D eigenvalue weighted by Crippen LogP contribution is 2.15. The fourth-order valence-electron chi connectivity index (χ4n) is 2.42. The number of alkyl halides is 2. The van der Waals surface area contributed by atoms with E-state index in [4.69, 9.17) is 32.7 Å². The minimum absolute atomic E-state index is 0.423. The normalized spacial score (nSPS) is 11.3. The van der Waals surface area contributed by atoms with Crippen LogP contribution in [-0.2, 0) is 16.0 Å². The van der Waals surface area contributed by atoms with E-state index in [2.05, 4.69) is 39.8 Å². The number of carbonyl (C=O) groups excluding carboxylic acids is 1. The molecule has 0 heterocycles. The van der Waals surface area contributed by atoms with Gasteiger partial charge in [0.1, 0.15) is 5.60 Å². The third-order valence-corrected chi connectivity index (χ3v) is 4.02. The van der Waals surface area contributed by atoms with Gasteiger partial charge in [-0.15, -0.1) is 23.2 Å². The van der Waals surface area contributed by atoms with E-state index in [0.29, 0.717) is 31.5 Å². The average Bonchev–Trinajstić information content (AvgIpc) is 2.63. The van der Waals surface area contributed by atoms with E-state index in [0.717, 1.165) is 31.9 Å². The van der Waals surface area contributed by atoms with Crippen molar-refractivity contribution < 1.29 is 14.3 Å². The molecular formula is C20H33Cl2N3O3. The van der Waals surface area contributed by atoms with Crippen LogP contribution in [0.5, 0.6) is 0 Å². The van der Waals surface area contributed by atoms with E-state index in [-0.39, 0.29) is 0 Å². The predicted octanol–water partition coefficient (Wildman–Crippen LogP) is 3.60. The Morgan fingerprint density at radius 2 is 1.64 bits per heavy atom. The highest BCUT2D eigenvalue weighted by Gasteiger charge is 2.15. The summed E-state index contributed by atoms with van der Waals surface area (Å²) in [5, 5.41) is 6.00. The Hall–Kier alpha value is -1.21. The van der Waals surface area contributed by atoms with Gasteiger partial charge in [-0.2, -0.15) is 0 Å². The van der Waals surface area contributed by atoms with Crippen LogP contribution in [0.15, 0.2) is 24.3 Å². The molecule has 1 aromatic rings. The fourth-order valence-corrected chi connectivity index (χ4v) is 2.83. The number of ether oxygens (including phenoxy) is 2. The third-order valence-electron chi connectivity index (χ3n) is 3.68. The van der Waals surface area contributed by atoms with Crippen molar-refractivity contribution in [3.63, 3.8) is 0 Å². The first-order valence-corrected chi connectivity index (χ1v) is 10.6. The summed E-state index contributed by atoms with van der Waals surface area (Å²) in [6.07, 6.45) is -0.423. The highest BCUT2D eigenvalue weighted by molar-refractivity contribution is 6.18. The largest absolute Gasteiger partial charge is 0.444 e. The number of nitrogens with one attached hydrogen (secondary N) is 2. The topological polar surface area (TPSA) is 62.8 Å². The molecule has 0 saturated heterocycles. The molecule has 0 bridgehead atoms. The lowest BCUT2D eigenvalue weighted by atomic mass is 10.2. The zero-order chi connectivity index (χ0) is 20.8. The summed E-state index contributed by atoms with van der Waals surface area (Å²) in [7, 11) is 0. The lowest BCUT2D eigenvalue weighted by molar-refractivity contribution is 0.0500. The van der Waals surface area contributed by atoms with Crippen LogP contribution in [0.3, 0.4) is 0 Å². The van der Waals surface area contributed by atoms with Gasteiger partial charge in [0.05, 0.1) is 13.2 Å². The molecule has 160 valence electrons. The molecule has 1 aromatic carbocycles. The van der Waals surface area contributed by atoms with Crippen molar-refractivity contribution in [1.82, 2.24) is 10.6 Å². The van der Waals surface area contributed by atoms with Gasteiger partial charge in [0.2, 0.25) is 0 Å². The van der Waals surface area contributed by atoms with E-state index in [1.807, 2.05) is 20.8 Å². The molecule has 0 radical (unpaired) electrons. The number of amides is 1. The monoisotopic (exact) mass is 433 g/mol. The Labute approximate surface area is 178 Å². The van der Waals surface area contributed by atoms with E-state index in [1.165, 1.54) is 5.56 Å². The molecule has 0 aliphatic carbocycles. The second kappa shape index (κ2) is 13.9. The number of nitrogens with zero attached hydrogens (tertiary/aromatic N) is 1. The van der Waals surface area contributed by atoms with Gasteiger partial charge in [-0.1, -0.05) is 12.1 Å². The smallest absolute Gasteiger partial charge is 0.407 e. The van der Waals surface area contributed by atoms with Crippen molar-refractivity contribution in [2.24, 2.45) is 0 Å². The molecule has 8 heteroatoms. The molecule has 0 saturated carbocycles. The van der Waals surface area contributed by atoms with Crippen LogP contribution in [-0.4, -0.2) is 62.8 Å². The molecule has 28 heavy (non-hydrogen) atoms. The van der Waals surface area contributed by atoms with Gasteiger partial charge < -0.3 is 25.0 Å². The van der Waals surface area contributed by atoms with Gasteiger partial charge in [-0.25, -0.2) is 4.79 Å². The molecular weight excluding hydrogens is 401 g/mol. The number of rotatable bonds is 13. The summed E-state index contributed by atoms with van der Waals surface area (Å²) in [6.45, 7) is 10.0. The van der Waals surface area contributed by atoms with Crippen LogP contribution >= 0.6 is 23.2 Å². The first kappa shape index (κ1) is 24.8. The molecule has 0 aliphatic rings. The molecule has 0 spiro atoms. The summed E-state index contributed by atoms with van der Waals surface area (Å²) in [5.74, 6) is 1.15. The number of hydrogen-bond acceptors (Lipinski definition) is 5. The second-order valence-electron chi connectivity index (χ2n) is 7.25. The molecule has 6 nitrogen and oxygen atoms in total. The van der Waals surface area contributed by atoms with Crippen LogP contribution in [0.2, 0.25) is 0 Å². The molecule has 2 N–H and O–H groups in total. The Bertz CT molecular complexity index is 545. The number of carbonyl (C=O) groups is 1. The molecule has 1 rings (SSSR count). The van der Waals surface area contributed by atoms with Crippen molar-refractivity contribution in [2.45, 2.75) is 32.9 Å². The summed E-state index contributed by atoms with van der Waals surface area (Å²) in [6, 6.07) is 8.39. The van der Waals surface area contributed by atoms with Gasteiger partial charge in [0.25, 0.3) is 0 Å². The van der Waals surface area contributed by atoms with Gasteiger partial charge in [0, 0.05) is 50.2 Å². The summed E-state index contributed by atoms with van der Waals surface area (Å²) < 4.78 is 10.6. The minimum Gasteiger partial charge on any atom is -0.444 e. The maximum Gasteiger partial charge on any atom is 0.407 e. The Morgan fingerprint density at radius 3 is 2.21 bits per heavy atom. The molecule has 0 fully saturated rings. The second-order valence-corrected chi connectivity index (χ2v) is 8.01. The maximum absolute atomic E-state index is 11.5. The lowest BCUT2D eigenvalue weighted by Crippen LogP contribution is -2.34. The number of hydrogen-bond donors (Lipinski definition) is 2. The molecule has 0 unspecified atom stereocenters. The van der Waals surface area contributed by atoms with Crippen LogP contribution in [0, 0.1) is 0 Å². The van der Waals surface area contributed by atoms with Gasteiger partial charge in [-0.3, -0.25) is 0 Å². The van der Waals surface area contributed by atoms with Crippen LogP contribution < -0.4 is 15.5 Å².